The summed E-state index contributed by atoms with van der Waals surface area (Å²) in [6, 6.07) is 18.5. The Labute approximate surface area is 205 Å². The van der Waals surface area contributed by atoms with Crippen molar-refractivity contribution in [3.63, 3.8) is 0 Å². The average Bonchev–Trinajstić information content (AvgIpc) is 3.17. The Morgan fingerprint density at radius 1 is 1.03 bits per heavy atom. The van der Waals surface area contributed by atoms with Crippen molar-refractivity contribution in [3.05, 3.63) is 89.0 Å². The molecule has 1 heterocycles. The molecule has 0 saturated heterocycles. The Bertz CT molecular complexity index is 1400. The standard InChI is InChI=1S/C27H28N2O5S/c1-17-12-13-18(2)24(14-17)28-26(30)20(4)34-27(31)22-9-7-10-23(16-22)35(32,33)29-19(3)15-21-8-5-6-11-25(21)29/h5-14,16,19-20H,15H2,1-4H3,(H,28,30). The van der Waals surface area contributed by atoms with Crippen LogP contribution in [-0.4, -0.2) is 32.4 Å². The van der Waals surface area contributed by atoms with E-state index in [-0.39, 0.29) is 16.5 Å². The van der Waals surface area contributed by atoms with Gasteiger partial charge in [0, 0.05) is 11.7 Å². The predicted molar refractivity (Wildman–Crippen MR) is 135 cm³/mol. The highest BCUT2D eigenvalue weighted by atomic mass is 32.2. The fraction of sp³-hybridized carbons (Fsp3) is 0.259. The molecular formula is C27H28N2O5S. The second kappa shape index (κ2) is 9.54. The van der Waals surface area contributed by atoms with Crippen molar-refractivity contribution in [3.8, 4) is 0 Å². The summed E-state index contributed by atoms with van der Waals surface area (Å²) in [5.41, 5.74) is 4.18. The molecule has 0 saturated carbocycles. The summed E-state index contributed by atoms with van der Waals surface area (Å²) in [5.74, 6) is -1.25. The third kappa shape index (κ3) is 4.93. The number of carbonyl (C=O) groups is 2. The van der Waals surface area contributed by atoms with Gasteiger partial charge in [-0.25, -0.2) is 13.2 Å². The number of carbonyl (C=O) groups excluding carboxylic acids is 2. The molecule has 0 aromatic heterocycles. The van der Waals surface area contributed by atoms with Crippen LogP contribution in [0.3, 0.4) is 0 Å². The number of hydrogen-bond donors (Lipinski definition) is 1. The number of nitrogens with one attached hydrogen (secondary N) is 1. The molecule has 182 valence electrons. The van der Waals surface area contributed by atoms with Crippen LogP contribution in [0.4, 0.5) is 11.4 Å². The van der Waals surface area contributed by atoms with Crippen molar-refractivity contribution in [2.24, 2.45) is 0 Å². The summed E-state index contributed by atoms with van der Waals surface area (Å²) >= 11 is 0. The van der Waals surface area contributed by atoms with Crippen LogP contribution in [0.2, 0.25) is 0 Å². The zero-order valence-corrected chi connectivity index (χ0v) is 20.9. The molecule has 2 unspecified atom stereocenters. The summed E-state index contributed by atoms with van der Waals surface area (Å²) in [5, 5.41) is 2.78. The molecule has 1 N–H and O–H groups in total. The molecule has 1 aliphatic rings. The summed E-state index contributed by atoms with van der Waals surface area (Å²) < 4.78 is 33.7. The van der Waals surface area contributed by atoms with Crippen molar-refractivity contribution in [1.29, 1.82) is 0 Å². The largest absolute Gasteiger partial charge is 0.449 e. The van der Waals surface area contributed by atoms with Gasteiger partial charge in [-0.1, -0.05) is 36.4 Å². The molecule has 35 heavy (non-hydrogen) atoms. The highest BCUT2D eigenvalue weighted by Gasteiger charge is 2.36. The monoisotopic (exact) mass is 492 g/mol. The van der Waals surface area contributed by atoms with E-state index in [9.17, 15) is 18.0 Å². The number of para-hydroxylation sites is 1. The number of anilines is 2. The number of esters is 1. The van der Waals surface area contributed by atoms with Crippen LogP contribution in [-0.2, 0) is 26.0 Å². The Hall–Kier alpha value is -3.65. The Morgan fingerprint density at radius 3 is 2.54 bits per heavy atom. The number of fused-ring (bicyclic) bond motifs is 1. The number of rotatable bonds is 6. The van der Waals surface area contributed by atoms with Gasteiger partial charge in [-0.3, -0.25) is 9.10 Å². The Balaban J connectivity index is 1.51. The fourth-order valence-corrected chi connectivity index (χ4v) is 5.93. The summed E-state index contributed by atoms with van der Waals surface area (Å²) in [4.78, 5) is 25.4. The molecule has 4 rings (SSSR count). The minimum atomic E-state index is -3.91. The number of nitrogens with zero attached hydrogens (tertiary/aromatic N) is 1. The van der Waals surface area contributed by atoms with E-state index in [0.717, 1.165) is 16.7 Å². The van der Waals surface area contributed by atoms with Crippen LogP contribution < -0.4 is 9.62 Å². The summed E-state index contributed by atoms with van der Waals surface area (Å²) in [6.45, 7) is 7.12. The lowest BCUT2D eigenvalue weighted by Crippen LogP contribution is -2.35. The van der Waals surface area contributed by atoms with E-state index in [1.807, 2.05) is 51.1 Å². The van der Waals surface area contributed by atoms with E-state index in [1.54, 1.807) is 12.1 Å². The van der Waals surface area contributed by atoms with Crippen molar-refractivity contribution in [2.75, 3.05) is 9.62 Å². The van der Waals surface area contributed by atoms with E-state index < -0.39 is 28.0 Å². The zero-order valence-electron chi connectivity index (χ0n) is 20.1. The van der Waals surface area contributed by atoms with Gasteiger partial charge in [-0.2, -0.15) is 0 Å². The van der Waals surface area contributed by atoms with E-state index >= 15 is 0 Å². The molecule has 3 aromatic rings. The maximum Gasteiger partial charge on any atom is 0.338 e. The quantitative estimate of drug-likeness (QED) is 0.507. The molecule has 1 aliphatic heterocycles. The number of amides is 1. The molecule has 0 spiro atoms. The second-order valence-corrected chi connectivity index (χ2v) is 10.7. The van der Waals surface area contributed by atoms with E-state index in [2.05, 4.69) is 5.32 Å². The molecular weight excluding hydrogens is 464 g/mol. The van der Waals surface area contributed by atoms with Crippen molar-refractivity contribution in [1.82, 2.24) is 0 Å². The maximum atomic E-state index is 13.5. The second-order valence-electron chi connectivity index (χ2n) is 8.87. The fourth-order valence-electron chi connectivity index (χ4n) is 4.19. The van der Waals surface area contributed by atoms with Crippen LogP contribution in [0.15, 0.2) is 71.6 Å². The average molecular weight is 493 g/mol. The maximum absolute atomic E-state index is 13.5. The van der Waals surface area contributed by atoms with Gasteiger partial charge in [0.05, 0.1) is 16.1 Å². The lowest BCUT2D eigenvalue weighted by Gasteiger charge is -2.24. The molecule has 8 heteroatoms. The lowest BCUT2D eigenvalue weighted by molar-refractivity contribution is -0.123. The van der Waals surface area contributed by atoms with Crippen LogP contribution in [0.1, 0.15) is 40.9 Å². The third-order valence-electron chi connectivity index (χ3n) is 6.08. The molecule has 0 bridgehead atoms. The van der Waals surface area contributed by atoms with Gasteiger partial charge in [0.1, 0.15) is 0 Å². The van der Waals surface area contributed by atoms with E-state index in [4.69, 9.17) is 4.74 Å². The zero-order chi connectivity index (χ0) is 25.3. The first-order valence-corrected chi connectivity index (χ1v) is 12.8. The SMILES string of the molecule is Cc1ccc(C)c(NC(=O)C(C)OC(=O)c2cccc(S(=O)(=O)N3c4ccccc4CC3C)c2)c1. The van der Waals surface area contributed by atoms with Crippen LogP contribution in [0.25, 0.3) is 0 Å². The van der Waals surface area contributed by atoms with Crippen LogP contribution in [0, 0.1) is 13.8 Å². The van der Waals surface area contributed by atoms with E-state index in [1.165, 1.54) is 35.5 Å². The van der Waals surface area contributed by atoms with E-state index in [0.29, 0.717) is 17.8 Å². The molecule has 0 aliphatic carbocycles. The van der Waals surface area contributed by atoms with Gasteiger partial charge in [0.15, 0.2) is 6.10 Å². The molecule has 2 atom stereocenters. The Kier molecular flexibility index (Phi) is 6.67. The Morgan fingerprint density at radius 2 is 1.77 bits per heavy atom. The summed E-state index contributed by atoms with van der Waals surface area (Å²) in [6.07, 6.45) is -0.461. The highest BCUT2D eigenvalue weighted by molar-refractivity contribution is 7.92. The van der Waals surface area contributed by atoms with Gasteiger partial charge in [0.2, 0.25) is 0 Å². The van der Waals surface area contributed by atoms with Gasteiger partial charge in [-0.05, 0) is 81.1 Å². The van der Waals surface area contributed by atoms with Crippen LogP contribution in [0.5, 0.6) is 0 Å². The third-order valence-corrected chi connectivity index (χ3v) is 8.00. The molecule has 0 fully saturated rings. The first-order valence-electron chi connectivity index (χ1n) is 11.4. The highest BCUT2D eigenvalue weighted by Crippen LogP contribution is 2.36. The first-order chi connectivity index (χ1) is 16.6. The number of ether oxygens (including phenoxy) is 1. The van der Waals surface area contributed by atoms with Crippen molar-refractivity contribution < 1.29 is 22.7 Å². The summed E-state index contributed by atoms with van der Waals surface area (Å²) in [7, 11) is -3.91. The molecule has 7 nitrogen and oxygen atoms in total. The van der Waals surface area contributed by atoms with Crippen LogP contribution >= 0.6 is 0 Å². The normalized spacial score (nSPS) is 15.9. The number of aryl methyl sites for hydroxylation is 2. The number of benzene rings is 3. The minimum Gasteiger partial charge on any atom is -0.449 e. The van der Waals surface area contributed by atoms with Gasteiger partial charge < -0.3 is 10.1 Å². The number of hydrogen-bond acceptors (Lipinski definition) is 5. The molecule has 1 amide bonds. The molecule has 0 radical (unpaired) electrons. The minimum absolute atomic E-state index is 0.0111. The van der Waals surface area contributed by atoms with Gasteiger partial charge in [-0.15, -0.1) is 0 Å². The first kappa shape index (κ1) is 24.5. The van der Waals surface area contributed by atoms with Gasteiger partial charge in [0.25, 0.3) is 15.9 Å². The predicted octanol–water partition coefficient (Wildman–Crippen LogP) is 4.63. The molecule has 3 aromatic carbocycles. The number of sulfonamides is 1. The van der Waals surface area contributed by atoms with Crippen molar-refractivity contribution in [2.45, 2.75) is 51.2 Å². The van der Waals surface area contributed by atoms with Crippen molar-refractivity contribution >= 4 is 33.3 Å². The topological polar surface area (TPSA) is 92.8 Å². The lowest BCUT2D eigenvalue weighted by atomic mass is 10.1. The smallest absolute Gasteiger partial charge is 0.338 e. The van der Waals surface area contributed by atoms with Gasteiger partial charge >= 0.3 is 5.97 Å².